The van der Waals surface area contributed by atoms with E-state index in [-0.39, 0.29) is 24.8 Å². The molecular weight excluding hydrogens is 389 g/mol. The van der Waals surface area contributed by atoms with Gasteiger partial charge in [-0.1, -0.05) is 0 Å². The summed E-state index contributed by atoms with van der Waals surface area (Å²) >= 11 is 0. The third kappa shape index (κ3) is 5.39. The Balaban J connectivity index is 1.76. The van der Waals surface area contributed by atoms with Crippen molar-refractivity contribution >= 4 is 16.8 Å². The molecule has 0 saturated carbocycles. The van der Waals surface area contributed by atoms with Crippen LogP contribution in [0.2, 0.25) is 0 Å². The third-order valence-electron chi connectivity index (χ3n) is 3.95. The molecule has 11 heteroatoms. The zero-order valence-corrected chi connectivity index (χ0v) is 15.8. The van der Waals surface area contributed by atoms with Crippen molar-refractivity contribution in [2.45, 2.75) is 33.0 Å². The summed E-state index contributed by atoms with van der Waals surface area (Å²) in [7, 11) is 0. The minimum Gasteiger partial charge on any atom is -0.467 e. The number of hydrogen-bond acceptors (Lipinski definition) is 6. The first kappa shape index (κ1) is 20.5. The van der Waals surface area contributed by atoms with Gasteiger partial charge in [-0.05, 0) is 26.0 Å². The van der Waals surface area contributed by atoms with Crippen LogP contribution in [0.4, 0.5) is 13.2 Å². The molecular formula is C18H19F3N6O2. The van der Waals surface area contributed by atoms with Crippen LogP contribution in [0.15, 0.2) is 24.5 Å². The van der Waals surface area contributed by atoms with E-state index in [0.717, 1.165) is 5.39 Å². The van der Waals surface area contributed by atoms with E-state index in [4.69, 9.17) is 0 Å². The molecule has 0 atom stereocenters. The lowest BCUT2D eigenvalue weighted by Gasteiger charge is -2.10. The van der Waals surface area contributed by atoms with Crippen LogP contribution >= 0.6 is 0 Å². The summed E-state index contributed by atoms with van der Waals surface area (Å²) in [6.07, 6.45) is -0.963. The Morgan fingerprint density at radius 1 is 1.31 bits per heavy atom. The Labute approximate surface area is 164 Å². The monoisotopic (exact) mass is 408 g/mol. The van der Waals surface area contributed by atoms with Gasteiger partial charge < -0.3 is 10.1 Å². The van der Waals surface area contributed by atoms with Crippen LogP contribution in [0.25, 0.3) is 10.9 Å². The van der Waals surface area contributed by atoms with Crippen LogP contribution in [0.5, 0.6) is 5.88 Å². The van der Waals surface area contributed by atoms with Gasteiger partial charge in [0.2, 0.25) is 11.8 Å². The number of aryl methyl sites for hydroxylation is 1. The predicted octanol–water partition coefficient (Wildman–Crippen LogP) is 2.20. The summed E-state index contributed by atoms with van der Waals surface area (Å²) in [5, 5.41) is 15.6. The second-order valence-corrected chi connectivity index (χ2v) is 6.38. The molecule has 29 heavy (non-hydrogen) atoms. The first-order valence-corrected chi connectivity index (χ1v) is 8.85. The van der Waals surface area contributed by atoms with Gasteiger partial charge in [-0.25, -0.2) is 0 Å². The number of carbonyl (C=O) groups excluding carboxylic acids is 1. The Kier molecular flexibility index (Phi) is 5.95. The average molecular weight is 408 g/mol. The van der Waals surface area contributed by atoms with E-state index in [0.29, 0.717) is 29.0 Å². The maximum atomic E-state index is 12.3. The molecule has 0 unspecified atom stereocenters. The SMILES string of the molecule is CCNC(=O)Cc1nccc2nn(Cc3cc(C)c(OCC(F)(F)F)nn3)cc12. The number of hydrogen-bond donors (Lipinski definition) is 1. The Morgan fingerprint density at radius 2 is 2.10 bits per heavy atom. The van der Waals surface area contributed by atoms with Crippen LogP contribution in [0.1, 0.15) is 23.9 Å². The highest BCUT2D eigenvalue weighted by molar-refractivity contribution is 5.86. The van der Waals surface area contributed by atoms with Crippen LogP contribution in [0.3, 0.4) is 0 Å². The van der Waals surface area contributed by atoms with Gasteiger partial charge in [0.05, 0.1) is 29.9 Å². The number of carbonyl (C=O) groups is 1. The fourth-order valence-electron chi connectivity index (χ4n) is 2.75. The minimum absolute atomic E-state index is 0.129. The van der Waals surface area contributed by atoms with Gasteiger partial charge in [-0.15, -0.1) is 10.2 Å². The summed E-state index contributed by atoms with van der Waals surface area (Å²) in [5.74, 6) is -0.290. The number of aromatic nitrogens is 5. The number of rotatable bonds is 7. The second-order valence-electron chi connectivity index (χ2n) is 6.38. The van der Waals surface area contributed by atoms with E-state index in [1.165, 1.54) is 0 Å². The normalized spacial score (nSPS) is 11.6. The highest BCUT2D eigenvalue weighted by Crippen LogP contribution is 2.20. The van der Waals surface area contributed by atoms with Crippen LogP contribution in [-0.2, 0) is 17.8 Å². The standard InChI is InChI=1S/C18H19F3N6O2/c1-3-22-16(28)7-15-13-9-27(26-14(13)4-5-23-15)8-12-6-11(2)17(25-24-12)29-10-18(19,20)21/h4-6,9H,3,7-8,10H2,1-2H3,(H,22,28). The van der Waals surface area contributed by atoms with Crippen LogP contribution in [-0.4, -0.2) is 50.2 Å². The molecule has 0 saturated heterocycles. The number of nitrogens with one attached hydrogen (secondary N) is 1. The number of ether oxygens (including phenoxy) is 1. The molecule has 0 fully saturated rings. The quantitative estimate of drug-likeness (QED) is 0.644. The fourth-order valence-corrected chi connectivity index (χ4v) is 2.75. The number of halogens is 3. The van der Waals surface area contributed by atoms with E-state index in [9.17, 15) is 18.0 Å². The van der Waals surface area contributed by atoms with Crippen molar-refractivity contribution in [2.75, 3.05) is 13.2 Å². The maximum Gasteiger partial charge on any atom is 0.422 e. The lowest BCUT2D eigenvalue weighted by Crippen LogP contribution is -2.24. The zero-order valence-electron chi connectivity index (χ0n) is 15.8. The van der Waals surface area contributed by atoms with Gasteiger partial charge in [0.25, 0.3) is 0 Å². The highest BCUT2D eigenvalue weighted by Gasteiger charge is 2.29. The molecule has 0 radical (unpaired) electrons. The summed E-state index contributed by atoms with van der Waals surface area (Å²) in [6.45, 7) is 2.80. The number of fused-ring (bicyclic) bond motifs is 1. The lowest BCUT2D eigenvalue weighted by molar-refractivity contribution is -0.154. The zero-order chi connectivity index (χ0) is 21.0. The van der Waals surface area contributed by atoms with Crippen LogP contribution in [0, 0.1) is 6.92 Å². The first-order chi connectivity index (χ1) is 13.7. The molecule has 1 N–H and O–H groups in total. The van der Waals surface area contributed by atoms with Crippen molar-refractivity contribution < 1.29 is 22.7 Å². The summed E-state index contributed by atoms with van der Waals surface area (Å²) in [5.41, 5.74) is 2.23. The van der Waals surface area contributed by atoms with E-state index < -0.39 is 12.8 Å². The molecule has 0 spiro atoms. The smallest absolute Gasteiger partial charge is 0.422 e. The topological polar surface area (TPSA) is 94.8 Å². The van der Waals surface area contributed by atoms with Gasteiger partial charge in [0.15, 0.2) is 6.61 Å². The summed E-state index contributed by atoms with van der Waals surface area (Å²) in [4.78, 5) is 16.1. The van der Waals surface area contributed by atoms with Crippen molar-refractivity contribution in [3.63, 3.8) is 0 Å². The number of alkyl halides is 3. The number of pyridine rings is 1. The Morgan fingerprint density at radius 3 is 2.79 bits per heavy atom. The molecule has 3 rings (SSSR count). The van der Waals surface area contributed by atoms with E-state index in [1.54, 1.807) is 36.1 Å². The van der Waals surface area contributed by atoms with Gasteiger partial charge in [0.1, 0.15) is 0 Å². The van der Waals surface area contributed by atoms with Gasteiger partial charge in [0, 0.05) is 29.9 Å². The summed E-state index contributed by atoms with van der Waals surface area (Å²) in [6, 6.07) is 3.33. The predicted molar refractivity (Wildman–Crippen MR) is 97.3 cm³/mol. The highest BCUT2D eigenvalue weighted by atomic mass is 19.4. The van der Waals surface area contributed by atoms with Crippen molar-refractivity contribution in [1.82, 2.24) is 30.3 Å². The molecule has 3 aromatic heterocycles. The Bertz CT molecular complexity index is 1020. The molecule has 0 aliphatic rings. The molecule has 0 aromatic carbocycles. The van der Waals surface area contributed by atoms with Crippen molar-refractivity contribution in [1.29, 1.82) is 0 Å². The molecule has 8 nitrogen and oxygen atoms in total. The fraction of sp³-hybridized carbons (Fsp3) is 0.389. The average Bonchev–Trinajstić information content (AvgIpc) is 3.04. The van der Waals surface area contributed by atoms with E-state index in [2.05, 4.69) is 30.3 Å². The minimum atomic E-state index is -4.44. The first-order valence-electron chi connectivity index (χ1n) is 8.85. The summed E-state index contributed by atoms with van der Waals surface area (Å²) < 4.78 is 43.1. The number of amides is 1. The van der Waals surface area contributed by atoms with Gasteiger partial charge in [-0.2, -0.15) is 18.3 Å². The maximum absolute atomic E-state index is 12.3. The third-order valence-corrected chi connectivity index (χ3v) is 3.95. The molecule has 0 aliphatic carbocycles. The molecule has 0 bridgehead atoms. The largest absolute Gasteiger partial charge is 0.467 e. The number of likely N-dealkylation sites (N-methyl/N-ethyl adjacent to an activating group) is 1. The number of nitrogens with zero attached hydrogens (tertiary/aromatic N) is 5. The lowest BCUT2D eigenvalue weighted by atomic mass is 10.2. The Hall–Kier alpha value is -3.24. The van der Waals surface area contributed by atoms with Gasteiger partial charge >= 0.3 is 6.18 Å². The van der Waals surface area contributed by atoms with Crippen LogP contribution < -0.4 is 10.1 Å². The molecule has 3 aromatic rings. The molecule has 1 amide bonds. The van der Waals surface area contributed by atoms with Crippen molar-refractivity contribution in [3.8, 4) is 5.88 Å². The molecule has 3 heterocycles. The molecule has 154 valence electrons. The van der Waals surface area contributed by atoms with E-state index in [1.807, 2.05) is 6.92 Å². The second kappa shape index (κ2) is 8.41. The van der Waals surface area contributed by atoms with Crippen molar-refractivity contribution in [3.05, 3.63) is 41.5 Å². The van der Waals surface area contributed by atoms with E-state index >= 15 is 0 Å². The molecule has 0 aliphatic heterocycles. The van der Waals surface area contributed by atoms with Crippen molar-refractivity contribution in [2.24, 2.45) is 0 Å². The van der Waals surface area contributed by atoms with Gasteiger partial charge in [-0.3, -0.25) is 14.5 Å².